The number of aliphatic imine (C=N–C) groups is 1. The second kappa shape index (κ2) is 8.61. The molecule has 0 saturated carbocycles. The van der Waals surface area contributed by atoms with E-state index in [4.69, 9.17) is 22.1 Å². The molecule has 0 atom stereocenters. The smallest absolute Gasteiger partial charge is 0.286 e. The molecule has 0 saturated heterocycles. The van der Waals surface area contributed by atoms with Crippen LogP contribution in [-0.2, 0) is 9.59 Å². The number of carbonyl (C=O) groups excluding carboxylic acids is 2. The number of nitrogens with zero attached hydrogens (tertiary/aromatic N) is 1. The van der Waals surface area contributed by atoms with Crippen molar-refractivity contribution in [2.24, 2.45) is 10.7 Å². The highest BCUT2D eigenvalue weighted by molar-refractivity contribution is 8.18. The van der Waals surface area contributed by atoms with Crippen LogP contribution in [0.2, 0.25) is 5.02 Å². The van der Waals surface area contributed by atoms with Crippen LogP contribution in [0.3, 0.4) is 0 Å². The number of ether oxygens (including phenoxy) is 1. The number of benzene rings is 3. The Bertz CT molecular complexity index is 1220. The first kappa shape index (κ1) is 20.0. The molecule has 30 heavy (non-hydrogen) atoms. The molecule has 0 radical (unpaired) electrons. The number of amides is 2. The molecule has 4 rings (SSSR count). The predicted molar refractivity (Wildman–Crippen MR) is 122 cm³/mol. The van der Waals surface area contributed by atoms with E-state index in [0.29, 0.717) is 26.9 Å². The summed E-state index contributed by atoms with van der Waals surface area (Å²) in [6.45, 7) is -0.204. The van der Waals surface area contributed by atoms with Crippen molar-refractivity contribution in [3.05, 3.63) is 76.2 Å². The van der Waals surface area contributed by atoms with Gasteiger partial charge in [0, 0.05) is 16.3 Å². The maximum atomic E-state index is 12.4. The fraction of sp³-hybridized carbons (Fsp3) is 0.0455. The van der Waals surface area contributed by atoms with Crippen LogP contribution in [-0.4, -0.2) is 23.6 Å². The number of halogens is 1. The Morgan fingerprint density at radius 2 is 1.93 bits per heavy atom. The SMILES string of the molecule is NC1=NC(=O)/C(=C/c2cc(Cl)ccc2OCC(=O)Nc2ccc3ccccc3c2)S1. The standard InChI is InChI=1S/C22H16ClN3O3S/c23-16-6-8-18(15(9-16)11-19-21(28)26-22(24)30-19)29-12-20(27)25-17-7-5-13-3-1-2-4-14(13)10-17/h1-11H,12H2,(H,25,27)(H2,24,26,28)/b19-11-. The van der Waals surface area contributed by atoms with Gasteiger partial charge < -0.3 is 15.8 Å². The van der Waals surface area contributed by atoms with E-state index in [2.05, 4.69) is 10.3 Å². The molecule has 0 unspecified atom stereocenters. The van der Waals surface area contributed by atoms with Gasteiger partial charge in [-0.05, 0) is 58.9 Å². The largest absolute Gasteiger partial charge is 0.483 e. The molecular formula is C22H16ClN3O3S. The summed E-state index contributed by atoms with van der Waals surface area (Å²) in [5.74, 6) is -0.311. The molecule has 8 heteroatoms. The molecule has 0 aromatic heterocycles. The minimum absolute atomic E-state index is 0.186. The van der Waals surface area contributed by atoms with Crippen molar-refractivity contribution in [3.8, 4) is 5.75 Å². The first-order chi connectivity index (χ1) is 14.5. The van der Waals surface area contributed by atoms with E-state index in [-0.39, 0.29) is 17.7 Å². The summed E-state index contributed by atoms with van der Waals surface area (Å²) >= 11 is 7.15. The van der Waals surface area contributed by atoms with Gasteiger partial charge in [-0.2, -0.15) is 4.99 Å². The van der Waals surface area contributed by atoms with E-state index in [0.717, 1.165) is 22.5 Å². The third-order valence-corrected chi connectivity index (χ3v) is 5.34. The summed E-state index contributed by atoms with van der Waals surface area (Å²) in [6.07, 6.45) is 1.60. The van der Waals surface area contributed by atoms with Gasteiger partial charge in [-0.3, -0.25) is 9.59 Å². The molecule has 0 bridgehead atoms. The average Bonchev–Trinajstić information content (AvgIpc) is 3.04. The third kappa shape index (κ3) is 4.64. The van der Waals surface area contributed by atoms with Crippen LogP contribution >= 0.6 is 23.4 Å². The maximum Gasteiger partial charge on any atom is 0.286 e. The summed E-state index contributed by atoms with van der Waals surface area (Å²) in [5.41, 5.74) is 6.82. The molecule has 0 aliphatic carbocycles. The van der Waals surface area contributed by atoms with Crippen molar-refractivity contribution in [2.75, 3.05) is 11.9 Å². The van der Waals surface area contributed by atoms with Crippen molar-refractivity contribution in [3.63, 3.8) is 0 Å². The number of anilines is 1. The van der Waals surface area contributed by atoms with Crippen molar-refractivity contribution in [1.29, 1.82) is 0 Å². The Morgan fingerprint density at radius 1 is 1.13 bits per heavy atom. The number of hydrogen-bond acceptors (Lipinski definition) is 5. The lowest BCUT2D eigenvalue weighted by molar-refractivity contribution is -0.118. The van der Waals surface area contributed by atoms with Crippen LogP contribution in [0.1, 0.15) is 5.56 Å². The highest BCUT2D eigenvalue weighted by Crippen LogP contribution is 2.31. The Kier molecular flexibility index (Phi) is 5.74. The molecule has 150 valence electrons. The van der Waals surface area contributed by atoms with Gasteiger partial charge in [0.1, 0.15) is 5.75 Å². The fourth-order valence-corrected chi connectivity index (χ4v) is 3.79. The topological polar surface area (TPSA) is 93.8 Å². The van der Waals surface area contributed by atoms with E-state index in [1.165, 1.54) is 0 Å². The zero-order valence-corrected chi connectivity index (χ0v) is 17.2. The molecule has 3 aromatic rings. The zero-order valence-electron chi connectivity index (χ0n) is 15.6. The third-order valence-electron chi connectivity index (χ3n) is 4.29. The summed E-state index contributed by atoms with van der Waals surface area (Å²) < 4.78 is 5.68. The lowest BCUT2D eigenvalue weighted by Crippen LogP contribution is -2.20. The van der Waals surface area contributed by atoms with Crippen molar-refractivity contribution in [1.82, 2.24) is 0 Å². The summed E-state index contributed by atoms with van der Waals surface area (Å²) in [5, 5.41) is 5.60. The average molecular weight is 438 g/mol. The van der Waals surface area contributed by atoms with Crippen LogP contribution < -0.4 is 15.8 Å². The zero-order chi connectivity index (χ0) is 21.1. The molecule has 0 fully saturated rings. The molecule has 3 N–H and O–H groups in total. The summed E-state index contributed by atoms with van der Waals surface area (Å²) in [6, 6.07) is 18.5. The Labute approximate surface area is 181 Å². The van der Waals surface area contributed by atoms with Gasteiger partial charge in [-0.1, -0.05) is 41.9 Å². The lowest BCUT2D eigenvalue weighted by Gasteiger charge is -2.11. The van der Waals surface area contributed by atoms with E-state index >= 15 is 0 Å². The molecule has 3 aromatic carbocycles. The van der Waals surface area contributed by atoms with Gasteiger partial charge in [0.2, 0.25) is 0 Å². The van der Waals surface area contributed by atoms with Crippen molar-refractivity contribution >= 4 is 62.9 Å². The minimum atomic E-state index is -0.419. The highest BCUT2D eigenvalue weighted by Gasteiger charge is 2.20. The van der Waals surface area contributed by atoms with Crippen LogP contribution in [0, 0.1) is 0 Å². The van der Waals surface area contributed by atoms with Crippen LogP contribution in [0.4, 0.5) is 5.69 Å². The summed E-state index contributed by atoms with van der Waals surface area (Å²) in [7, 11) is 0. The van der Waals surface area contributed by atoms with Gasteiger partial charge in [-0.15, -0.1) is 0 Å². The van der Waals surface area contributed by atoms with Gasteiger partial charge in [0.15, 0.2) is 11.8 Å². The van der Waals surface area contributed by atoms with Crippen LogP contribution in [0.15, 0.2) is 70.6 Å². The Morgan fingerprint density at radius 3 is 2.70 bits per heavy atom. The van der Waals surface area contributed by atoms with Crippen LogP contribution in [0.5, 0.6) is 5.75 Å². The van der Waals surface area contributed by atoms with Gasteiger partial charge in [0.25, 0.3) is 11.8 Å². The molecule has 0 spiro atoms. The molecule has 2 amide bonds. The van der Waals surface area contributed by atoms with Crippen LogP contribution in [0.25, 0.3) is 16.8 Å². The number of nitrogens with two attached hydrogens (primary N) is 1. The second-order valence-corrected chi connectivity index (χ2v) is 7.95. The molecule has 1 heterocycles. The monoisotopic (exact) mass is 437 g/mol. The van der Waals surface area contributed by atoms with E-state index in [9.17, 15) is 9.59 Å². The van der Waals surface area contributed by atoms with Gasteiger partial charge in [0.05, 0.1) is 4.91 Å². The first-order valence-corrected chi connectivity index (χ1v) is 10.2. The molecule has 1 aliphatic rings. The first-order valence-electron chi connectivity index (χ1n) is 8.97. The Balaban J connectivity index is 1.46. The predicted octanol–water partition coefficient (Wildman–Crippen LogP) is 4.44. The molecular weight excluding hydrogens is 422 g/mol. The molecule has 1 aliphatic heterocycles. The quantitative estimate of drug-likeness (QED) is 0.575. The van der Waals surface area contributed by atoms with E-state index in [1.54, 1.807) is 24.3 Å². The summed E-state index contributed by atoms with van der Waals surface area (Å²) in [4.78, 5) is 28.3. The highest BCUT2D eigenvalue weighted by atomic mass is 35.5. The number of carbonyl (C=O) groups is 2. The van der Waals surface area contributed by atoms with Gasteiger partial charge >= 0.3 is 0 Å². The van der Waals surface area contributed by atoms with E-state index in [1.807, 2.05) is 42.5 Å². The minimum Gasteiger partial charge on any atom is -0.483 e. The van der Waals surface area contributed by atoms with Crippen molar-refractivity contribution < 1.29 is 14.3 Å². The number of nitrogens with one attached hydrogen (secondary N) is 1. The number of thioether (sulfide) groups is 1. The normalized spacial score (nSPS) is 14.8. The number of amidine groups is 1. The number of rotatable bonds is 5. The Hall–Kier alpha value is -3.29. The second-order valence-electron chi connectivity index (χ2n) is 6.45. The lowest BCUT2D eigenvalue weighted by atomic mass is 10.1. The van der Waals surface area contributed by atoms with Crippen molar-refractivity contribution in [2.45, 2.75) is 0 Å². The maximum absolute atomic E-state index is 12.4. The van der Waals surface area contributed by atoms with Gasteiger partial charge in [-0.25, -0.2) is 0 Å². The molecule has 6 nitrogen and oxygen atoms in total. The number of fused-ring (bicyclic) bond motifs is 1. The van der Waals surface area contributed by atoms with E-state index < -0.39 is 5.91 Å². The fourth-order valence-electron chi connectivity index (χ4n) is 2.94. The number of hydrogen-bond donors (Lipinski definition) is 2.